The normalized spacial score (nSPS) is 29.0. The zero-order valence-corrected chi connectivity index (χ0v) is 21.1. The molecule has 2 aliphatic rings. The van der Waals surface area contributed by atoms with E-state index in [0.29, 0.717) is 11.3 Å². The summed E-state index contributed by atoms with van der Waals surface area (Å²) in [5.74, 6) is -3.71. The lowest BCUT2D eigenvalue weighted by molar-refractivity contribution is -0.159. The number of methoxy groups -OCH3 is 1. The summed E-state index contributed by atoms with van der Waals surface area (Å²) < 4.78 is 75.0. The quantitative estimate of drug-likeness (QED) is 0.531. The molecule has 2 unspecified atom stereocenters. The van der Waals surface area contributed by atoms with Crippen molar-refractivity contribution in [3.63, 3.8) is 0 Å². The van der Waals surface area contributed by atoms with Crippen molar-refractivity contribution in [1.82, 2.24) is 4.98 Å². The Morgan fingerprint density at radius 2 is 1.87 bits per heavy atom. The molecule has 1 amide bonds. The molecule has 2 fully saturated rings. The van der Waals surface area contributed by atoms with E-state index >= 15 is 0 Å². The fourth-order valence-corrected chi connectivity index (χ4v) is 7.68. The molecule has 0 bridgehead atoms. The largest absolute Gasteiger partial charge is 0.481 e. The van der Waals surface area contributed by atoms with Crippen LogP contribution >= 0.6 is 0 Å². The molecule has 5 atom stereocenters. The van der Waals surface area contributed by atoms with Crippen LogP contribution in [0.25, 0.3) is 11.1 Å². The number of nitrogens with two attached hydrogens (primary N) is 1. The molecule has 1 heterocycles. The van der Waals surface area contributed by atoms with E-state index in [-0.39, 0.29) is 12.0 Å². The topological polar surface area (TPSA) is 160 Å². The number of sulfone groups is 1. The minimum Gasteiger partial charge on any atom is -0.481 e. The summed E-state index contributed by atoms with van der Waals surface area (Å²) in [6.07, 6.45) is -6.26. The number of pyridine rings is 1. The number of carboxylic acids is 1. The molecule has 1 aromatic heterocycles. The van der Waals surface area contributed by atoms with Gasteiger partial charge in [0.05, 0.1) is 27.9 Å². The Morgan fingerprint density at radius 3 is 2.34 bits per heavy atom. The van der Waals surface area contributed by atoms with E-state index in [1.807, 2.05) is 0 Å². The minimum atomic E-state index is -5.04. The summed E-state index contributed by atoms with van der Waals surface area (Å²) in [6, 6.07) is 7.72. The molecular weight excluding hydrogens is 527 g/mol. The Morgan fingerprint density at radius 1 is 1.21 bits per heavy atom. The van der Waals surface area contributed by atoms with Crippen LogP contribution in [-0.4, -0.2) is 48.8 Å². The summed E-state index contributed by atoms with van der Waals surface area (Å²) in [5.41, 5.74) is 1.22. The van der Waals surface area contributed by atoms with Crippen LogP contribution in [0.5, 0.6) is 0 Å². The first-order valence-electron chi connectivity index (χ1n) is 11.5. The minimum absolute atomic E-state index is 0.100. The van der Waals surface area contributed by atoms with E-state index in [2.05, 4.69) is 4.98 Å². The first-order valence-corrected chi connectivity index (χ1v) is 13.0. The second-order valence-electron chi connectivity index (χ2n) is 9.78. The SMILES string of the molecule is CO[C@H]1C[C@@H](S(=O)(=O)c2ccc(-c3ccc(C)nc3)cc2C(F)(F)F)C[C@]1(C(=O)O)C1CC1(C#N)C(N)=O. The lowest BCUT2D eigenvalue weighted by atomic mass is 9.75. The first kappa shape index (κ1) is 27.5. The number of alkyl halides is 3. The van der Waals surface area contributed by atoms with Gasteiger partial charge in [0.25, 0.3) is 0 Å². The Kier molecular flexibility index (Phi) is 6.56. The van der Waals surface area contributed by atoms with Crippen molar-refractivity contribution in [3.05, 3.63) is 47.8 Å². The molecule has 4 rings (SSSR count). The molecule has 2 aliphatic carbocycles. The first-order chi connectivity index (χ1) is 17.6. The van der Waals surface area contributed by atoms with Gasteiger partial charge < -0.3 is 15.6 Å². The van der Waals surface area contributed by atoms with Crippen LogP contribution in [0, 0.1) is 35.0 Å². The van der Waals surface area contributed by atoms with Gasteiger partial charge in [0, 0.05) is 30.5 Å². The van der Waals surface area contributed by atoms with Crippen molar-refractivity contribution in [3.8, 4) is 17.2 Å². The Bertz CT molecular complexity index is 1450. The number of benzene rings is 1. The molecule has 0 aliphatic heterocycles. The van der Waals surface area contributed by atoms with Crippen molar-refractivity contribution in [2.45, 2.75) is 48.6 Å². The predicted molar refractivity (Wildman–Crippen MR) is 126 cm³/mol. The molecule has 0 saturated heterocycles. The molecular formula is C25H24F3N3O6S. The third-order valence-electron chi connectivity index (χ3n) is 7.80. The maximum atomic E-state index is 14.1. The number of carboxylic acid groups (broad SMARTS) is 1. The molecule has 2 aromatic rings. The number of primary amides is 1. The number of ether oxygens (including phenoxy) is 1. The monoisotopic (exact) mass is 551 g/mol. The van der Waals surface area contributed by atoms with Gasteiger partial charge in [-0.25, -0.2) is 8.42 Å². The van der Waals surface area contributed by atoms with Crippen molar-refractivity contribution < 1.29 is 41.0 Å². The van der Waals surface area contributed by atoms with Gasteiger partial charge in [-0.2, -0.15) is 18.4 Å². The van der Waals surface area contributed by atoms with E-state index in [4.69, 9.17) is 10.5 Å². The van der Waals surface area contributed by atoms with Crippen molar-refractivity contribution in [2.75, 3.05) is 7.11 Å². The molecule has 1 aromatic carbocycles. The number of carbonyl (C=O) groups is 2. The highest BCUT2D eigenvalue weighted by molar-refractivity contribution is 7.92. The highest BCUT2D eigenvalue weighted by Gasteiger charge is 2.75. The summed E-state index contributed by atoms with van der Waals surface area (Å²) in [7, 11) is -3.61. The molecule has 202 valence electrons. The maximum Gasteiger partial charge on any atom is 0.417 e. The lowest BCUT2D eigenvalue weighted by Crippen LogP contribution is -2.44. The van der Waals surface area contributed by atoms with Gasteiger partial charge >= 0.3 is 12.1 Å². The molecule has 9 nitrogen and oxygen atoms in total. The van der Waals surface area contributed by atoms with Crippen LogP contribution < -0.4 is 5.73 Å². The average Bonchev–Trinajstić information content (AvgIpc) is 3.48. The van der Waals surface area contributed by atoms with E-state index in [9.17, 15) is 41.5 Å². The number of hydrogen-bond acceptors (Lipinski definition) is 7. The third-order valence-corrected chi connectivity index (χ3v) is 10.0. The predicted octanol–water partition coefficient (Wildman–Crippen LogP) is 3.11. The average molecular weight is 552 g/mol. The van der Waals surface area contributed by atoms with Gasteiger partial charge in [-0.15, -0.1) is 0 Å². The number of amides is 1. The fourth-order valence-electron chi connectivity index (χ4n) is 5.66. The molecule has 2 saturated carbocycles. The van der Waals surface area contributed by atoms with E-state index in [1.165, 1.54) is 12.3 Å². The summed E-state index contributed by atoms with van der Waals surface area (Å²) in [5, 5.41) is 18.1. The molecule has 13 heteroatoms. The van der Waals surface area contributed by atoms with Crippen molar-refractivity contribution >= 4 is 21.7 Å². The summed E-state index contributed by atoms with van der Waals surface area (Å²) >= 11 is 0. The standard InChI is InChI=1S/C25H24F3N3O6S/c1-13-3-4-15(11-31-13)14-5-6-18(17(7-14)25(26,27)28)38(35,36)16-8-20(37-2)24(9-16,22(33)34)19-10-23(19,12-29)21(30)32/h3-7,11,16,19-20H,8-10H2,1-2H3,(H2,30,32)(H,33,34)/t16-,19?,20+,23?,24+/m1/s1. The van der Waals surface area contributed by atoms with E-state index in [1.54, 1.807) is 25.1 Å². The summed E-state index contributed by atoms with van der Waals surface area (Å²) in [6.45, 7) is 1.71. The smallest absolute Gasteiger partial charge is 0.417 e. The number of carbonyl (C=O) groups excluding carboxylic acids is 1. The van der Waals surface area contributed by atoms with Crippen LogP contribution in [0.4, 0.5) is 13.2 Å². The summed E-state index contributed by atoms with van der Waals surface area (Å²) in [4.78, 5) is 27.6. The number of hydrogen-bond donors (Lipinski definition) is 2. The fraction of sp³-hybridized carbons (Fsp3) is 0.440. The molecule has 3 N–H and O–H groups in total. The Hall–Kier alpha value is -3.50. The highest BCUT2D eigenvalue weighted by Crippen LogP contribution is 2.66. The maximum absolute atomic E-state index is 14.1. The number of aryl methyl sites for hydroxylation is 1. The van der Waals surface area contributed by atoms with Crippen LogP contribution in [0.15, 0.2) is 41.4 Å². The second kappa shape index (κ2) is 9.06. The van der Waals surface area contributed by atoms with E-state index < -0.39 is 79.3 Å². The lowest BCUT2D eigenvalue weighted by Gasteiger charge is -2.31. The molecule has 0 spiro atoms. The van der Waals surface area contributed by atoms with Gasteiger partial charge in [-0.1, -0.05) is 12.1 Å². The van der Waals surface area contributed by atoms with Gasteiger partial charge in [0.2, 0.25) is 5.91 Å². The van der Waals surface area contributed by atoms with Gasteiger partial charge in [-0.3, -0.25) is 14.6 Å². The zero-order valence-electron chi connectivity index (χ0n) is 20.3. The number of aliphatic carboxylic acids is 1. The Labute approximate surface area is 216 Å². The van der Waals surface area contributed by atoms with E-state index in [0.717, 1.165) is 19.2 Å². The molecule has 0 radical (unpaired) electrons. The third kappa shape index (κ3) is 4.12. The highest BCUT2D eigenvalue weighted by atomic mass is 32.2. The number of rotatable bonds is 7. The second-order valence-corrected chi connectivity index (χ2v) is 12.0. The van der Waals surface area contributed by atoms with Gasteiger partial charge in [0.1, 0.15) is 10.8 Å². The van der Waals surface area contributed by atoms with Crippen LogP contribution in [0.2, 0.25) is 0 Å². The number of aromatic nitrogens is 1. The van der Waals surface area contributed by atoms with Gasteiger partial charge in [0.15, 0.2) is 9.84 Å². The number of nitrogens with zero attached hydrogens (tertiary/aromatic N) is 2. The van der Waals surface area contributed by atoms with Crippen LogP contribution in [-0.2, 0) is 30.3 Å². The number of nitriles is 1. The zero-order chi connectivity index (χ0) is 28.3. The van der Waals surface area contributed by atoms with Crippen LogP contribution in [0.3, 0.4) is 0 Å². The van der Waals surface area contributed by atoms with Crippen LogP contribution in [0.1, 0.15) is 30.5 Å². The molecule has 38 heavy (non-hydrogen) atoms. The van der Waals surface area contributed by atoms with Crippen molar-refractivity contribution in [2.24, 2.45) is 22.5 Å². The van der Waals surface area contributed by atoms with Gasteiger partial charge in [-0.05, 0) is 49.9 Å². The van der Waals surface area contributed by atoms with Crippen molar-refractivity contribution in [1.29, 1.82) is 5.26 Å². The number of halogens is 3. The Balaban J connectivity index is 1.79.